The zero-order valence-electron chi connectivity index (χ0n) is 8.73. The largest absolute Gasteiger partial charge is 0.490 e. The fourth-order valence-corrected chi connectivity index (χ4v) is 2.46. The van der Waals surface area contributed by atoms with Crippen molar-refractivity contribution in [2.24, 2.45) is 11.8 Å². The number of halogens is 2. The summed E-state index contributed by atoms with van der Waals surface area (Å²) in [5.41, 5.74) is 0. The first-order valence-corrected chi connectivity index (χ1v) is 5.67. The summed E-state index contributed by atoms with van der Waals surface area (Å²) in [7, 11) is 0. The van der Waals surface area contributed by atoms with Crippen molar-refractivity contribution in [3.8, 4) is 5.75 Å². The number of fused-ring (bicyclic) bond motifs is 1. The van der Waals surface area contributed by atoms with Gasteiger partial charge in [-0.15, -0.1) is 12.4 Å². The molecule has 1 aromatic heterocycles. The molecule has 1 saturated heterocycles. The molecule has 1 aromatic rings. The lowest BCUT2D eigenvalue weighted by molar-refractivity contribution is 0.263. The summed E-state index contributed by atoms with van der Waals surface area (Å²) in [6.45, 7) is 1.88. The molecule has 2 heterocycles. The topological polar surface area (TPSA) is 34.1 Å². The van der Waals surface area contributed by atoms with Gasteiger partial charge in [0, 0.05) is 18.3 Å². The summed E-state index contributed by atoms with van der Waals surface area (Å²) < 4.78 is 5.66. The van der Waals surface area contributed by atoms with Crippen LogP contribution in [0.25, 0.3) is 0 Å². The van der Waals surface area contributed by atoms with Gasteiger partial charge in [0.25, 0.3) is 0 Å². The number of rotatable bonds is 3. The third-order valence-corrected chi connectivity index (χ3v) is 3.45. The van der Waals surface area contributed by atoms with Gasteiger partial charge in [0.05, 0.1) is 11.2 Å². The zero-order chi connectivity index (χ0) is 10.3. The lowest BCUT2D eigenvalue weighted by atomic mass is 10.2. The maximum absolute atomic E-state index is 5.82. The van der Waals surface area contributed by atoms with Crippen molar-refractivity contribution in [2.75, 3.05) is 13.2 Å². The highest BCUT2D eigenvalue weighted by Gasteiger charge is 2.48. The van der Waals surface area contributed by atoms with E-state index in [2.05, 4.69) is 10.3 Å². The lowest BCUT2D eigenvalue weighted by Gasteiger charge is -2.14. The van der Waals surface area contributed by atoms with Crippen molar-refractivity contribution in [2.45, 2.75) is 12.5 Å². The molecule has 2 aliphatic rings. The van der Waals surface area contributed by atoms with Crippen LogP contribution in [-0.2, 0) is 0 Å². The minimum atomic E-state index is 0. The van der Waals surface area contributed by atoms with Gasteiger partial charge in [0.1, 0.15) is 12.4 Å². The molecule has 1 saturated carbocycles. The third kappa shape index (κ3) is 2.42. The van der Waals surface area contributed by atoms with Gasteiger partial charge in [-0.3, -0.25) is 4.98 Å². The molecule has 0 aromatic carbocycles. The van der Waals surface area contributed by atoms with Crippen LogP contribution < -0.4 is 10.1 Å². The molecule has 2 fully saturated rings. The maximum atomic E-state index is 5.82. The van der Waals surface area contributed by atoms with Gasteiger partial charge in [0.15, 0.2) is 0 Å². The van der Waals surface area contributed by atoms with Crippen LogP contribution >= 0.6 is 24.0 Å². The van der Waals surface area contributed by atoms with Crippen molar-refractivity contribution in [1.29, 1.82) is 0 Å². The highest BCUT2D eigenvalue weighted by atomic mass is 35.5. The number of piperidine rings is 1. The maximum Gasteiger partial charge on any atom is 0.139 e. The number of nitrogens with zero attached hydrogens (tertiary/aromatic N) is 1. The number of ether oxygens (including phenoxy) is 1. The third-order valence-electron chi connectivity index (χ3n) is 3.25. The number of pyridine rings is 1. The molecule has 0 spiro atoms. The Hall–Kier alpha value is -0.510. The lowest BCUT2D eigenvalue weighted by Crippen LogP contribution is -2.32. The molecule has 0 radical (unpaired) electrons. The Morgan fingerprint density at radius 3 is 3.00 bits per heavy atom. The second kappa shape index (κ2) is 4.78. The van der Waals surface area contributed by atoms with E-state index in [0.29, 0.717) is 11.1 Å². The number of nitrogens with one attached hydrogen (secondary N) is 1. The number of hydrogen-bond acceptors (Lipinski definition) is 3. The van der Waals surface area contributed by atoms with E-state index in [9.17, 15) is 0 Å². The van der Waals surface area contributed by atoms with E-state index in [1.807, 2.05) is 0 Å². The Labute approximate surface area is 106 Å². The summed E-state index contributed by atoms with van der Waals surface area (Å²) in [6.07, 6.45) is 4.68. The Bertz CT molecular complexity index is 375. The summed E-state index contributed by atoms with van der Waals surface area (Å²) in [6, 6.07) is 2.32. The molecule has 3 rings (SSSR count). The molecule has 1 aliphatic heterocycles. The van der Waals surface area contributed by atoms with Crippen molar-refractivity contribution in [3.63, 3.8) is 0 Å². The molecule has 16 heavy (non-hydrogen) atoms. The van der Waals surface area contributed by atoms with Crippen molar-refractivity contribution in [1.82, 2.24) is 10.3 Å². The second-order valence-corrected chi connectivity index (χ2v) is 4.76. The van der Waals surface area contributed by atoms with Gasteiger partial charge in [-0.1, -0.05) is 11.6 Å². The fourth-order valence-electron chi connectivity index (χ4n) is 2.29. The molecule has 1 N–H and O–H groups in total. The van der Waals surface area contributed by atoms with Crippen LogP contribution in [0.2, 0.25) is 5.02 Å². The molecule has 1 aliphatic carbocycles. The molecule has 5 heteroatoms. The smallest absolute Gasteiger partial charge is 0.139 e. The first-order valence-electron chi connectivity index (χ1n) is 5.29. The van der Waals surface area contributed by atoms with E-state index < -0.39 is 0 Å². The first-order chi connectivity index (χ1) is 7.33. The zero-order valence-corrected chi connectivity index (χ0v) is 10.3. The molecule has 3 nitrogen and oxygen atoms in total. The van der Waals surface area contributed by atoms with Crippen LogP contribution in [0.4, 0.5) is 0 Å². The highest BCUT2D eigenvalue weighted by molar-refractivity contribution is 6.30. The van der Waals surface area contributed by atoms with E-state index in [4.69, 9.17) is 16.3 Å². The number of hydrogen-bond donors (Lipinski definition) is 1. The van der Waals surface area contributed by atoms with Crippen LogP contribution in [0.15, 0.2) is 18.5 Å². The summed E-state index contributed by atoms with van der Waals surface area (Å²) in [5.74, 6) is 2.52. The predicted octanol–water partition coefficient (Wildman–Crippen LogP) is 2.14. The SMILES string of the molecule is Cl.Clc1cncc(OC[C@H]2NC[C@@H]3C[C@@H]32)c1. The predicted molar refractivity (Wildman–Crippen MR) is 65.4 cm³/mol. The van der Waals surface area contributed by atoms with Gasteiger partial charge in [-0.2, -0.15) is 0 Å². The van der Waals surface area contributed by atoms with Crippen molar-refractivity contribution >= 4 is 24.0 Å². The highest BCUT2D eigenvalue weighted by Crippen LogP contribution is 2.45. The normalized spacial score (nSPS) is 30.4. The van der Waals surface area contributed by atoms with Crippen LogP contribution in [0.3, 0.4) is 0 Å². The molecular weight excluding hydrogens is 247 g/mol. The standard InChI is InChI=1S/C11H13ClN2O.ClH/c12-8-2-9(5-13-4-8)15-6-11-10-1-7(10)3-14-11;/h2,4-5,7,10-11,14H,1,3,6H2;1H/t7-,10-,11+;/m0./s1. The van der Waals surface area contributed by atoms with Gasteiger partial charge >= 0.3 is 0 Å². The first kappa shape index (κ1) is 12.0. The van der Waals surface area contributed by atoms with Crippen LogP contribution in [0.1, 0.15) is 6.42 Å². The molecule has 0 unspecified atom stereocenters. The van der Waals surface area contributed by atoms with Gasteiger partial charge in [-0.25, -0.2) is 0 Å². The Morgan fingerprint density at radius 2 is 2.38 bits per heavy atom. The van der Waals surface area contributed by atoms with Crippen molar-refractivity contribution in [3.05, 3.63) is 23.5 Å². The summed E-state index contributed by atoms with van der Waals surface area (Å²) in [5, 5.41) is 4.08. The quantitative estimate of drug-likeness (QED) is 0.905. The second-order valence-electron chi connectivity index (χ2n) is 4.32. The average Bonchev–Trinajstić information content (AvgIpc) is 2.90. The molecular formula is C11H14Cl2N2O. The molecule has 88 valence electrons. The van der Waals surface area contributed by atoms with E-state index in [0.717, 1.165) is 30.7 Å². The Kier molecular flexibility index (Phi) is 3.57. The minimum absolute atomic E-state index is 0. The summed E-state index contributed by atoms with van der Waals surface area (Å²) >= 11 is 5.82. The van der Waals surface area contributed by atoms with Gasteiger partial charge < -0.3 is 10.1 Å². The monoisotopic (exact) mass is 260 g/mol. The van der Waals surface area contributed by atoms with Crippen LogP contribution in [0.5, 0.6) is 5.75 Å². The van der Waals surface area contributed by atoms with Crippen molar-refractivity contribution < 1.29 is 4.74 Å². The Morgan fingerprint density at radius 1 is 1.50 bits per heavy atom. The minimum Gasteiger partial charge on any atom is -0.490 e. The van der Waals surface area contributed by atoms with E-state index in [1.54, 1.807) is 18.5 Å². The van der Waals surface area contributed by atoms with Gasteiger partial charge in [0.2, 0.25) is 0 Å². The van der Waals surface area contributed by atoms with Crippen LogP contribution in [0, 0.1) is 11.8 Å². The van der Waals surface area contributed by atoms with E-state index in [-0.39, 0.29) is 12.4 Å². The van der Waals surface area contributed by atoms with Crippen LogP contribution in [-0.4, -0.2) is 24.2 Å². The molecule has 3 atom stereocenters. The molecule has 0 bridgehead atoms. The fraction of sp³-hybridized carbons (Fsp3) is 0.545. The summed E-state index contributed by atoms with van der Waals surface area (Å²) in [4.78, 5) is 3.98. The molecule has 0 amide bonds. The Balaban J connectivity index is 0.000000963. The number of aromatic nitrogens is 1. The van der Waals surface area contributed by atoms with E-state index >= 15 is 0 Å². The van der Waals surface area contributed by atoms with E-state index in [1.165, 1.54) is 6.42 Å². The average molecular weight is 261 g/mol. The van der Waals surface area contributed by atoms with Gasteiger partial charge in [-0.05, 0) is 24.8 Å².